The fraction of sp³-hybridized carbons (Fsp3) is 0.410. The van der Waals surface area contributed by atoms with Crippen LogP contribution in [0.1, 0.15) is 25.7 Å². The van der Waals surface area contributed by atoms with Crippen LogP contribution in [-0.2, 0) is 9.36 Å². The van der Waals surface area contributed by atoms with Crippen molar-refractivity contribution in [1.82, 2.24) is 34.7 Å². The first-order valence-electron chi connectivity index (χ1n) is 19.0. The van der Waals surface area contributed by atoms with Crippen molar-refractivity contribution in [2.45, 2.75) is 37.8 Å². The second kappa shape index (κ2) is 14.4. The molecule has 1 amide bonds. The summed E-state index contributed by atoms with van der Waals surface area (Å²) in [5.74, 6) is 1.52. The van der Waals surface area contributed by atoms with Gasteiger partial charge in [0.1, 0.15) is 43.0 Å². The van der Waals surface area contributed by atoms with Crippen molar-refractivity contribution < 1.29 is 18.8 Å². The number of hydrogen-bond acceptors (Lipinski definition) is 13. The summed E-state index contributed by atoms with van der Waals surface area (Å²) in [6.07, 6.45) is 11.0. The third kappa shape index (κ3) is 7.07. The van der Waals surface area contributed by atoms with Gasteiger partial charge >= 0.3 is 0 Å². The molecule has 0 unspecified atom stereocenters. The summed E-state index contributed by atoms with van der Waals surface area (Å²) in [6.45, 7) is 14.1. The van der Waals surface area contributed by atoms with Crippen molar-refractivity contribution in [3.63, 3.8) is 0 Å². The Morgan fingerprint density at radius 1 is 0.873 bits per heavy atom. The molecule has 1 aliphatic carbocycles. The van der Waals surface area contributed by atoms with Crippen molar-refractivity contribution in [2.75, 3.05) is 86.7 Å². The third-order valence-corrected chi connectivity index (χ3v) is 12.5. The van der Waals surface area contributed by atoms with Gasteiger partial charge in [0.25, 0.3) is 0 Å². The van der Waals surface area contributed by atoms with Crippen LogP contribution >= 0.6 is 7.14 Å². The zero-order valence-corrected chi connectivity index (χ0v) is 32.1. The molecular weight excluding hydrogens is 717 g/mol. The first-order valence-corrected chi connectivity index (χ1v) is 21.6. The zero-order valence-electron chi connectivity index (χ0n) is 31.2. The van der Waals surface area contributed by atoms with Gasteiger partial charge in [0.15, 0.2) is 11.5 Å². The number of aromatic amines is 1. The maximum Gasteiger partial charge on any atom is 0.247 e. The lowest BCUT2D eigenvalue weighted by Gasteiger charge is -2.44. The predicted molar refractivity (Wildman–Crippen MR) is 217 cm³/mol. The second-order valence-corrected chi connectivity index (χ2v) is 18.2. The van der Waals surface area contributed by atoms with Crippen molar-refractivity contribution >= 4 is 74.9 Å². The van der Waals surface area contributed by atoms with Gasteiger partial charge in [0.2, 0.25) is 11.9 Å². The molecule has 9 rings (SSSR count). The smallest absolute Gasteiger partial charge is 0.247 e. The lowest BCUT2D eigenvalue weighted by Crippen LogP contribution is -2.53. The molecule has 3 fully saturated rings. The number of fused-ring (bicyclic) bond motifs is 3. The van der Waals surface area contributed by atoms with Crippen LogP contribution in [0, 0.1) is 0 Å². The molecule has 0 radical (unpaired) electrons. The fourth-order valence-electron chi connectivity index (χ4n) is 8.25. The number of nitrogens with zero attached hydrogens (tertiary/aromatic N) is 7. The number of anilines is 6. The molecule has 2 saturated heterocycles. The predicted octanol–water partition coefficient (Wildman–Crippen LogP) is 5.28. The highest BCUT2D eigenvalue weighted by Crippen LogP contribution is 2.51. The van der Waals surface area contributed by atoms with E-state index in [0.717, 1.165) is 69.2 Å². The average molecular weight is 764 g/mol. The van der Waals surface area contributed by atoms with E-state index in [1.165, 1.54) is 18.9 Å². The molecule has 0 spiro atoms. The number of H-pyrrole nitrogens is 1. The van der Waals surface area contributed by atoms with Gasteiger partial charge in [-0.15, -0.1) is 0 Å². The van der Waals surface area contributed by atoms with Gasteiger partial charge in [0, 0.05) is 69.9 Å². The Bertz CT molecular complexity index is 2320. The molecule has 55 heavy (non-hydrogen) atoms. The number of piperazine rings is 1. The Labute approximate surface area is 319 Å². The van der Waals surface area contributed by atoms with Crippen LogP contribution in [0.15, 0.2) is 55.5 Å². The number of aromatic nitrogens is 5. The number of carbonyl (C=O) groups excluding carboxylic acids is 1. The number of rotatable bonds is 10. The molecule has 6 heterocycles. The summed E-state index contributed by atoms with van der Waals surface area (Å²) in [7, 11) is -2.83. The topological polar surface area (TPSA) is 166 Å². The molecule has 5 aromatic rings. The van der Waals surface area contributed by atoms with Gasteiger partial charge in [0.05, 0.1) is 33.3 Å². The molecule has 1 saturated carbocycles. The highest BCUT2D eigenvalue weighted by atomic mass is 31.2. The monoisotopic (exact) mass is 763 g/mol. The van der Waals surface area contributed by atoms with Crippen molar-refractivity contribution in [3.05, 3.63) is 55.5 Å². The van der Waals surface area contributed by atoms with E-state index in [-0.39, 0.29) is 11.9 Å². The van der Waals surface area contributed by atoms with Crippen LogP contribution in [0.4, 0.5) is 34.5 Å². The molecule has 3 aliphatic heterocycles. The largest absolute Gasteiger partial charge is 0.484 e. The summed E-state index contributed by atoms with van der Waals surface area (Å²) >= 11 is 0. The second-order valence-electron chi connectivity index (χ2n) is 15.0. The van der Waals surface area contributed by atoms with Crippen LogP contribution in [0.5, 0.6) is 11.5 Å². The van der Waals surface area contributed by atoms with E-state index >= 15 is 0 Å². The van der Waals surface area contributed by atoms with Crippen molar-refractivity contribution in [1.29, 1.82) is 0 Å². The van der Waals surface area contributed by atoms with E-state index in [1.54, 1.807) is 31.9 Å². The normalized spacial score (nSPS) is 18.4. The average Bonchev–Trinajstić information content (AvgIpc) is 3.94. The number of hydrogen-bond donors (Lipinski definition) is 4. The summed E-state index contributed by atoms with van der Waals surface area (Å²) in [6, 6.07) is 8.79. The molecular formula is C39H46N11O4P. The summed E-state index contributed by atoms with van der Waals surface area (Å²) < 4.78 is 26.3. The molecule has 3 aromatic heterocycles. The zero-order chi connectivity index (χ0) is 37.7. The third-order valence-electron chi connectivity index (χ3n) is 11.0. The maximum absolute atomic E-state index is 13.7. The lowest BCUT2D eigenvalue weighted by atomic mass is 10.0. The van der Waals surface area contributed by atoms with Gasteiger partial charge in [-0.3, -0.25) is 24.6 Å². The quantitative estimate of drug-likeness (QED) is 0.107. The highest BCUT2D eigenvalue weighted by Gasteiger charge is 2.36. The minimum absolute atomic E-state index is 0.267. The summed E-state index contributed by atoms with van der Waals surface area (Å²) in [4.78, 5) is 42.4. The maximum atomic E-state index is 13.7. The minimum atomic E-state index is -2.83. The Morgan fingerprint density at radius 2 is 1.58 bits per heavy atom. The molecule has 2 aromatic carbocycles. The van der Waals surface area contributed by atoms with E-state index < -0.39 is 7.14 Å². The van der Waals surface area contributed by atoms with Gasteiger partial charge in [-0.25, -0.2) is 0 Å². The fourth-order valence-corrected chi connectivity index (χ4v) is 9.64. The van der Waals surface area contributed by atoms with Crippen LogP contribution < -0.4 is 35.6 Å². The van der Waals surface area contributed by atoms with Crippen LogP contribution in [-0.4, -0.2) is 119 Å². The summed E-state index contributed by atoms with van der Waals surface area (Å²) in [5, 5.41) is 11.2. The van der Waals surface area contributed by atoms with Gasteiger partial charge < -0.3 is 39.9 Å². The first kappa shape index (κ1) is 35.5. The Hall–Kier alpha value is -5.24. The molecule has 286 valence electrons. The van der Waals surface area contributed by atoms with E-state index in [1.807, 2.05) is 24.3 Å². The van der Waals surface area contributed by atoms with Gasteiger partial charge in [-0.1, -0.05) is 6.58 Å². The minimum Gasteiger partial charge on any atom is -0.484 e. The number of amides is 1. The SMILES string of the molecule is C=CC(=O)Nc1cc(Nc2nc(Nc3ccc4nccnc4c3P(C)(C)=O)c3cc[nH]c3n2)c2c(c1N1CCC(N3CCN(C4CC4)CC3)CC1)OCCO2. The van der Waals surface area contributed by atoms with E-state index in [4.69, 9.17) is 19.4 Å². The van der Waals surface area contributed by atoms with E-state index in [0.29, 0.717) is 75.6 Å². The van der Waals surface area contributed by atoms with Crippen LogP contribution in [0.3, 0.4) is 0 Å². The Balaban J connectivity index is 1.03. The molecule has 0 bridgehead atoms. The molecule has 16 heteroatoms. The standard InChI is InChI=1S/C39H46N11O4P/c1-4-31(51)43-29-23-30(34-35(54-22-21-53-34)33(29)50-15-10-25(11-16-50)49-19-17-48(18-20-49)24-5-6-24)45-39-46-37-26(9-12-42-37)38(47-39)44-28-8-7-27-32(41-14-13-40-27)36(28)55(2,3)52/h4,7-9,12-14,23-25H,1,5-6,10-11,15-22H2,2-3H3,(H,43,51)(H3,42,44,45,46,47). The number of benzene rings is 2. The van der Waals surface area contributed by atoms with E-state index in [9.17, 15) is 9.36 Å². The van der Waals surface area contributed by atoms with E-state index in [2.05, 4.69) is 52.2 Å². The Kier molecular flexibility index (Phi) is 9.31. The summed E-state index contributed by atoms with van der Waals surface area (Å²) in [5.41, 5.74) is 4.34. The van der Waals surface area contributed by atoms with Crippen LogP contribution in [0.25, 0.3) is 22.1 Å². The van der Waals surface area contributed by atoms with Gasteiger partial charge in [-0.05, 0) is 69.4 Å². The molecule has 4 aliphatic rings. The molecule has 4 N–H and O–H groups in total. The molecule has 0 atom stereocenters. The van der Waals surface area contributed by atoms with Gasteiger partial charge in [-0.2, -0.15) is 9.97 Å². The number of piperidine rings is 1. The number of nitrogens with one attached hydrogen (secondary N) is 4. The van der Waals surface area contributed by atoms with Crippen molar-refractivity contribution in [3.8, 4) is 11.5 Å². The first-order chi connectivity index (χ1) is 26.7. The highest BCUT2D eigenvalue weighted by molar-refractivity contribution is 7.71. The number of ether oxygens (including phenoxy) is 2. The van der Waals surface area contributed by atoms with Crippen LogP contribution in [0.2, 0.25) is 0 Å². The van der Waals surface area contributed by atoms with Crippen molar-refractivity contribution in [2.24, 2.45) is 0 Å². The lowest BCUT2D eigenvalue weighted by molar-refractivity contribution is -0.111. The molecule has 15 nitrogen and oxygen atoms in total. The Morgan fingerprint density at radius 3 is 2.29 bits per heavy atom. The number of carbonyl (C=O) groups is 1.